The smallest absolute Gasteiger partial charge is 0.330 e. The lowest BCUT2D eigenvalue weighted by Gasteiger charge is -2.07. The number of aryl methyl sites for hydroxylation is 1. The molecule has 0 unspecified atom stereocenters. The average molecular weight is 312 g/mol. The van der Waals surface area contributed by atoms with E-state index in [9.17, 15) is 9.18 Å². The minimum absolute atomic E-state index is 0.358. The third-order valence-electron chi connectivity index (χ3n) is 3.60. The first-order chi connectivity index (χ1) is 11.1. The van der Waals surface area contributed by atoms with Crippen molar-refractivity contribution in [2.75, 3.05) is 6.61 Å². The van der Waals surface area contributed by atoms with Crippen LogP contribution in [0.2, 0.25) is 0 Å². The summed E-state index contributed by atoms with van der Waals surface area (Å²) in [5.74, 6) is -0.802. The van der Waals surface area contributed by atoms with Crippen molar-refractivity contribution in [2.24, 2.45) is 0 Å². The van der Waals surface area contributed by atoms with Crippen molar-refractivity contribution in [3.05, 3.63) is 65.5 Å². The number of ether oxygens (including phenoxy) is 1. The highest BCUT2D eigenvalue weighted by Gasteiger charge is 2.06. The Morgan fingerprint density at radius 1 is 1.22 bits per heavy atom. The lowest BCUT2D eigenvalue weighted by atomic mass is 9.99. The quantitative estimate of drug-likeness (QED) is 0.418. The van der Waals surface area contributed by atoms with Gasteiger partial charge in [0.2, 0.25) is 0 Å². The zero-order valence-corrected chi connectivity index (χ0v) is 13.5. The lowest BCUT2D eigenvalue weighted by Crippen LogP contribution is -2.01. The minimum atomic E-state index is -0.444. The molecule has 0 aliphatic heterocycles. The van der Waals surface area contributed by atoms with Gasteiger partial charge in [-0.3, -0.25) is 0 Å². The summed E-state index contributed by atoms with van der Waals surface area (Å²) in [5.41, 5.74) is 3.29. The molecular weight excluding hydrogens is 291 g/mol. The maximum Gasteiger partial charge on any atom is 0.330 e. The molecule has 0 aromatic heterocycles. The summed E-state index contributed by atoms with van der Waals surface area (Å²) in [7, 11) is 0. The average Bonchev–Trinajstić information content (AvgIpc) is 2.54. The van der Waals surface area contributed by atoms with Gasteiger partial charge in [0.15, 0.2) is 0 Å². The molecule has 0 saturated carbocycles. The van der Waals surface area contributed by atoms with E-state index < -0.39 is 5.97 Å². The molecule has 2 rings (SSSR count). The van der Waals surface area contributed by atoms with E-state index in [0.29, 0.717) is 12.2 Å². The van der Waals surface area contributed by atoms with Gasteiger partial charge in [0.1, 0.15) is 5.82 Å². The number of hydrogen-bond acceptors (Lipinski definition) is 2. The van der Waals surface area contributed by atoms with E-state index in [0.717, 1.165) is 29.5 Å². The summed E-state index contributed by atoms with van der Waals surface area (Å²) < 4.78 is 19.2. The van der Waals surface area contributed by atoms with E-state index in [-0.39, 0.29) is 5.82 Å². The van der Waals surface area contributed by atoms with E-state index in [4.69, 9.17) is 4.74 Å². The van der Waals surface area contributed by atoms with Crippen molar-refractivity contribution in [1.82, 2.24) is 0 Å². The van der Waals surface area contributed by atoms with E-state index in [1.165, 1.54) is 18.2 Å². The summed E-state index contributed by atoms with van der Waals surface area (Å²) in [6.45, 7) is 4.41. The van der Waals surface area contributed by atoms with Gasteiger partial charge in [-0.15, -0.1) is 0 Å². The molecule has 0 bridgehead atoms. The largest absolute Gasteiger partial charge is 0.463 e. The van der Waals surface area contributed by atoms with Crippen LogP contribution in [0.5, 0.6) is 0 Å². The Labute approximate surface area is 136 Å². The summed E-state index contributed by atoms with van der Waals surface area (Å²) in [5, 5.41) is 0. The number of esters is 1. The Balaban J connectivity index is 2.11. The Hall–Kier alpha value is -2.42. The van der Waals surface area contributed by atoms with Gasteiger partial charge in [0, 0.05) is 11.6 Å². The number of benzene rings is 2. The van der Waals surface area contributed by atoms with Crippen LogP contribution in [-0.4, -0.2) is 12.6 Å². The molecule has 0 amide bonds. The number of rotatable bonds is 6. The van der Waals surface area contributed by atoms with Gasteiger partial charge in [0.05, 0.1) is 6.61 Å². The van der Waals surface area contributed by atoms with Gasteiger partial charge >= 0.3 is 5.97 Å². The second kappa shape index (κ2) is 8.28. The first-order valence-corrected chi connectivity index (χ1v) is 7.82. The predicted molar refractivity (Wildman–Crippen MR) is 91.5 cm³/mol. The molecule has 0 aliphatic carbocycles. The third kappa shape index (κ3) is 4.78. The fourth-order valence-electron chi connectivity index (χ4n) is 2.25. The topological polar surface area (TPSA) is 26.3 Å². The Kier molecular flexibility index (Phi) is 6.10. The summed E-state index contributed by atoms with van der Waals surface area (Å²) in [6.07, 6.45) is 4.51. The standard InChI is InChI=1S/C20H21FO2/c1-3-4-13-23-20(22)12-11-16-9-10-17(14-19(16)21)18-8-6-5-7-15(18)2/h5-12,14H,3-4,13H2,1-2H3/b12-11+. The van der Waals surface area contributed by atoms with Gasteiger partial charge < -0.3 is 4.74 Å². The molecular formula is C20H21FO2. The first-order valence-electron chi connectivity index (χ1n) is 7.82. The molecule has 2 aromatic rings. The molecule has 0 atom stereocenters. The maximum atomic E-state index is 14.2. The van der Waals surface area contributed by atoms with Crippen LogP contribution >= 0.6 is 0 Å². The van der Waals surface area contributed by atoms with Crippen molar-refractivity contribution < 1.29 is 13.9 Å². The van der Waals surface area contributed by atoms with E-state index >= 15 is 0 Å². The van der Waals surface area contributed by atoms with Crippen LogP contribution in [0.15, 0.2) is 48.5 Å². The van der Waals surface area contributed by atoms with Crippen LogP contribution in [0.3, 0.4) is 0 Å². The number of unbranched alkanes of at least 4 members (excludes halogenated alkanes) is 1. The van der Waals surface area contributed by atoms with Crippen molar-refractivity contribution in [2.45, 2.75) is 26.7 Å². The molecule has 23 heavy (non-hydrogen) atoms. The third-order valence-corrected chi connectivity index (χ3v) is 3.60. The number of halogens is 1. The predicted octanol–water partition coefficient (Wildman–Crippen LogP) is 5.16. The molecule has 0 fully saturated rings. The van der Waals surface area contributed by atoms with Gasteiger partial charge in [-0.05, 0) is 42.2 Å². The second-order valence-corrected chi connectivity index (χ2v) is 5.41. The zero-order valence-electron chi connectivity index (χ0n) is 13.5. The van der Waals surface area contributed by atoms with Gasteiger partial charge in [0.25, 0.3) is 0 Å². The van der Waals surface area contributed by atoms with Crippen LogP contribution in [0.4, 0.5) is 4.39 Å². The van der Waals surface area contributed by atoms with Crippen LogP contribution in [0, 0.1) is 12.7 Å². The molecule has 120 valence electrons. The van der Waals surface area contributed by atoms with Crippen molar-refractivity contribution in [3.63, 3.8) is 0 Å². The molecule has 2 nitrogen and oxygen atoms in total. The molecule has 0 N–H and O–H groups in total. The van der Waals surface area contributed by atoms with Gasteiger partial charge in [-0.25, -0.2) is 9.18 Å². The Bertz CT molecular complexity index is 705. The Morgan fingerprint density at radius 3 is 2.70 bits per heavy atom. The van der Waals surface area contributed by atoms with Crippen molar-refractivity contribution >= 4 is 12.0 Å². The first kappa shape index (κ1) is 16.9. The minimum Gasteiger partial charge on any atom is -0.463 e. The normalized spacial score (nSPS) is 10.9. The molecule has 2 aromatic carbocycles. The van der Waals surface area contributed by atoms with E-state index in [2.05, 4.69) is 0 Å². The highest BCUT2D eigenvalue weighted by molar-refractivity contribution is 5.87. The van der Waals surface area contributed by atoms with Crippen LogP contribution in [-0.2, 0) is 9.53 Å². The van der Waals surface area contributed by atoms with E-state index in [1.54, 1.807) is 6.07 Å². The molecule has 0 saturated heterocycles. The summed E-state index contributed by atoms with van der Waals surface area (Å²) >= 11 is 0. The lowest BCUT2D eigenvalue weighted by molar-refractivity contribution is -0.137. The number of carbonyl (C=O) groups is 1. The van der Waals surface area contributed by atoms with Gasteiger partial charge in [-0.1, -0.05) is 49.7 Å². The molecule has 0 aliphatic rings. The maximum absolute atomic E-state index is 14.2. The monoisotopic (exact) mass is 312 g/mol. The molecule has 0 radical (unpaired) electrons. The van der Waals surface area contributed by atoms with Crippen LogP contribution in [0.1, 0.15) is 30.9 Å². The van der Waals surface area contributed by atoms with Crippen molar-refractivity contribution in [1.29, 1.82) is 0 Å². The highest BCUT2D eigenvalue weighted by atomic mass is 19.1. The fourth-order valence-corrected chi connectivity index (χ4v) is 2.25. The van der Waals surface area contributed by atoms with E-state index in [1.807, 2.05) is 44.2 Å². The fraction of sp³-hybridized carbons (Fsp3) is 0.250. The van der Waals surface area contributed by atoms with Crippen LogP contribution < -0.4 is 0 Å². The zero-order chi connectivity index (χ0) is 16.7. The SMILES string of the molecule is CCCCOC(=O)/C=C/c1ccc(-c2ccccc2C)cc1F. The van der Waals surface area contributed by atoms with Gasteiger partial charge in [-0.2, -0.15) is 0 Å². The molecule has 0 spiro atoms. The van der Waals surface area contributed by atoms with Crippen LogP contribution in [0.25, 0.3) is 17.2 Å². The second-order valence-electron chi connectivity index (χ2n) is 5.41. The summed E-state index contributed by atoms with van der Waals surface area (Å²) in [6, 6.07) is 12.9. The molecule has 3 heteroatoms. The number of carbonyl (C=O) groups excluding carboxylic acids is 1. The van der Waals surface area contributed by atoms with Crippen molar-refractivity contribution in [3.8, 4) is 11.1 Å². The highest BCUT2D eigenvalue weighted by Crippen LogP contribution is 2.25. The summed E-state index contributed by atoms with van der Waals surface area (Å²) in [4.78, 5) is 11.5. The molecule has 0 heterocycles. The Morgan fingerprint density at radius 2 is 2.00 bits per heavy atom. The number of hydrogen-bond donors (Lipinski definition) is 0.